The number of nitrogens with zero attached hydrogens (tertiary/aromatic N) is 8. The molecule has 0 saturated heterocycles. The Bertz CT molecular complexity index is 5770. The van der Waals surface area contributed by atoms with Crippen molar-refractivity contribution in [1.29, 1.82) is 15.8 Å². The maximum atomic E-state index is 15.1. The van der Waals surface area contributed by atoms with Gasteiger partial charge in [0.15, 0.2) is 5.69 Å². The van der Waals surface area contributed by atoms with Gasteiger partial charge in [-0.3, -0.25) is 0 Å². The van der Waals surface area contributed by atoms with Crippen LogP contribution in [-0.4, -0.2) is 18.3 Å². The molecule has 16 aromatic rings. The molecule has 0 aliphatic carbocycles. The monoisotopic (exact) mass is 1210 g/mol. The van der Waals surface area contributed by atoms with Gasteiger partial charge in [0.1, 0.15) is 0 Å². The largest absolute Gasteiger partial charge is 0.415 e. The van der Waals surface area contributed by atoms with Crippen molar-refractivity contribution < 1.29 is 13.2 Å². The van der Waals surface area contributed by atoms with Gasteiger partial charge in [-0.15, -0.1) is 0 Å². The van der Waals surface area contributed by atoms with Crippen LogP contribution in [0.4, 0.5) is 18.9 Å². The second kappa shape index (κ2) is 22.0. The smallest absolute Gasteiger partial charge is 0.308 e. The quantitative estimate of drug-likeness (QED) is 0.155. The van der Waals surface area contributed by atoms with Gasteiger partial charge in [0, 0.05) is 59.8 Å². The van der Waals surface area contributed by atoms with Crippen molar-refractivity contribution in [2.24, 2.45) is 0 Å². The summed E-state index contributed by atoms with van der Waals surface area (Å²) in [6.45, 7) is 17.7. The van der Waals surface area contributed by atoms with Crippen LogP contribution in [0.2, 0.25) is 0 Å². The van der Waals surface area contributed by atoms with Gasteiger partial charge in [0.25, 0.3) is 0 Å². The summed E-state index contributed by atoms with van der Waals surface area (Å²) in [7, 11) is 0. The van der Waals surface area contributed by atoms with E-state index in [1.54, 1.807) is 12.1 Å². The van der Waals surface area contributed by atoms with E-state index in [1.807, 2.05) is 121 Å². The van der Waals surface area contributed by atoms with Crippen molar-refractivity contribution >= 4 is 92.9 Å². The molecule has 442 valence electrons. The van der Waals surface area contributed by atoms with Crippen molar-refractivity contribution in [2.45, 2.75) is 40.8 Å². The van der Waals surface area contributed by atoms with Crippen molar-refractivity contribution in [2.75, 3.05) is 0 Å². The lowest BCUT2D eigenvalue weighted by atomic mass is 9.93. The molecule has 0 aliphatic rings. The summed E-state index contributed by atoms with van der Waals surface area (Å²) < 4.78 is 53.7. The average Bonchev–Trinajstić information content (AvgIpc) is 1.63. The van der Waals surface area contributed by atoms with E-state index in [-0.39, 0.29) is 11.3 Å². The van der Waals surface area contributed by atoms with Crippen LogP contribution in [0.5, 0.6) is 0 Å². The molecule has 0 atom stereocenters. The first-order chi connectivity index (χ1) is 45.1. The van der Waals surface area contributed by atoms with Gasteiger partial charge < -0.3 is 18.3 Å². The Morgan fingerprint density at radius 2 is 0.634 bits per heavy atom. The topological polar surface area (TPSA) is 95.4 Å². The summed E-state index contributed by atoms with van der Waals surface area (Å²) in [4.78, 5) is 3.33. The SMILES string of the molecule is Cc1ccc(-c2c(-n3c4ccccc4c4cc(C)ccc43)cc(C#N)cc2-n2c3ccccc3c3cc(C)ccc32)c(C#N)c1.[C-]#[N+]c1ccc(-c2c(-n3c4ccccc4c4cc(C)ccc43)cc(C#N)cc2-n2c3ccccc3c3cc(C)ccc32)c(C(F)(F)F)c1. The second-order valence-corrected chi connectivity index (χ2v) is 24.0. The first-order valence-electron chi connectivity index (χ1n) is 30.4. The zero-order valence-corrected chi connectivity index (χ0v) is 51.2. The number of halogens is 3. The summed E-state index contributed by atoms with van der Waals surface area (Å²) >= 11 is 0. The summed E-state index contributed by atoms with van der Waals surface area (Å²) in [5, 5.41) is 39.8. The van der Waals surface area contributed by atoms with Crippen LogP contribution in [0.25, 0.3) is 137 Å². The summed E-state index contributed by atoms with van der Waals surface area (Å²) in [5.74, 6) is 0. The lowest BCUT2D eigenvalue weighted by Crippen LogP contribution is -2.11. The molecule has 11 heteroatoms. The molecule has 0 spiro atoms. The third-order valence-electron chi connectivity index (χ3n) is 18.0. The standard InChI is InChI=1S/C41H25F3N4.C41H28N4/c1-24-12-16-36-31(18-24)28-8-4-6-10-34(28)47(36)38-20-26(23-45)21-39(40(38)30-15-14-27(46-3)22-33(30)41(42,43)44)48-35-11-7-5-9-29(35)32-19-25(2)13-17-37(32)48;1-25-12-15-30(29(18-25)24-43)41-39(44-35-10-6-4-8-31(35)33-19-26(2)13-16-37(33)44)21-28(23-42)22-40(41)45-36-11-7-5-9-32(36)34-20-27(3)14-17-38(34)45/h4-22H,1-2H3;4-22H,1-3H3. The molecular weight excluding hydrogens is 1150 g/mol. The third-order valence-corrected chi connectivity index (χ3v) is 18.0. The van der Waals surface area contributed by atoms with Crippen molar-refractivity contribution in [3.05, 3.63) is 292 Å². The number of rotatable bonds is 6. The predicted molar refractivity (Wildman–Crippen MR) is 370 cm³/mol. The Kier molecular flexibility index (Phi) is 13.5. The van der Waals surface area contributed by atoms with E-state index in [4.69, 9.17) is 6.57 Å². The van der Waals surface area contributed by atoms with Gasteiger partial charge in [0.2, 0.25) is 0 Å². The first kappa shape index (κ1) is 57.1. The molecule has 0 fully saturated rings. The lowest BCUT2D eigenvalue weighted by Gasteiger charge is -2.23. The number of aryl methyl sites for hydroxylation is 5. The minimum absolute atomic E-state index is 0.0829. The highest BCUT2D eigenvalue weighted by Crippen LogP contribution is 2.49. The summed E-state index contributed by atoms with van der Waals surface area (Å²) in [5.41, 5.74) is 17.8. The number of hydrogen-bond donors (Lipinski definition) is 0. The number of alkyl halides is 3. The van der Waals surface area contributed by atoms with E-state index in [2.05, 4.69) is 155 Å². The van der Waals surface area contributed by atoms with Gasteiger partial charge in [-0.25, -0.2) is 4.85 Å². The molecule has 12 aromatic carbocycles. The van der Waals surface area contributed by atoms with Crippen LogP contribution in [0.3, 0.4) is 0 Å². The van der Waals surface area contributed by atoms with E-state index in [0.717, 1.165) is 132 Å². The Balaban J connectivity index is 0.000000154. The molecule has 0 saturated carbocycles. The van der Waals surface area contributed by atoms with Crippen LogP contribution >= 0.6 is 0 Å². The van der Waals surface area contributed by atoms with E-state index in [0.29, 0.717) is 33.6 Å². The number of benzene rings is 12. The van der Waals surface area contributed by atoms with Crippen molar-refractivity contribution in [1.82, 2.24) is 18.3 Å². The maximum Gasteiger partial charge on any atom is 0.415 e. The summed E-state index contributed by atoms with van der Waals surface area (Å²) in [6.07, 6.45) is -4.77. The number of nitriles is 3. The fourth-order valence-electron chi connectivity index (χ4n) is 14.0. The number of para-hydroxylation sites is 4. The predicted octanol–water partition coefficient (Wildman–Crippen LogP) is 21.8. The number of hydrogen-bond acceptors (Lipinski definition) is 3. The molecule has 0 bridgehead atoms. The van der Waals surface area contributed by atoms with E-state index in [1.165, 1.54) is 23.3 Å². The fraction of sp³-hybridized carbons (Fsp3) is 0.0732. The molecule has 93 heavy (non-hydrogen) atoms. The average molecular weight is 1210 g/mol. The van der Waals surface area contributed by atoms with Crippen LogP contribution in [0.15, 0.2) is 231 Å². The molecule has 16 rings (SSSR count). The van der Waals surface area contributed by atoms with Crippen molar-refractivity contribution in [3.8, 4) is 63.2 Å². The Morgan fingerprint density at radius 3 is 0.957 bits per heavy atom. The minimum atomic E-state index is -4.77. The Hall–Kier alpha value is -12.4. The highest BCUT2D eigenvalue weighted by atomic mass is 19.4. The minimum Gasteiger partial charge on any atom is -0.308 e. The van der Waals surface area contributed by atoms with Crippen LogP contribution in [0, 0.1) is 75.2 Å². The molecule has 0 unspecified atom stereocenters. The van der Waals surface area contributed by atoms with Crippen LogP contribution in [-0.2, 0) is 6.18 Å². The lowest BCUT2D eigenvalue weighted by molar-refractivity contribution is -0.137. The molecular formula is C82H53F3N8. The zero-order valence-electron chi connectivity index (χ0n) is 51.2. The molecule has 4 heterocycles. The molecule has 8 nitrogen and oxygen atoms in total. The van der Waals surface area contributed by atoms with E-state index < -0.39 is 11.7 Å². The fourth-order valence-corrected chi connectivity index (χ4v) is 14.0. The van der Waals surface area contributed by atoms with Crippen LogP contribution < -0.4 is 0 Å². The molecule has 0 radical (unpaired) electrons. The molecule has 0 N–H and O–H groups in total. The third kappa shape index (κ3) is 9.25. The van der Waals surface area contributed by atoms with Gasteiger partial charge in [-0.2, -0.15) is 29.0 Å². The van der Waals surface area contributed by atoms with E-state index >= 15 is 13.2 Å². The van der Waals surface area contributed by atoms with Gasteiger partial charge >= 0.3 is 6.18 Å². The maximum absolute atomic E-state index is 15.1. The summed E-state index contributed by atoms with van der Waals surface area (Å²) in [6, 6.07) is 81.9. The molecule has 0 aliphatic heterocycles. The van der Waals surface area contributed by atoms with Gasteiger partial charge in [-0.05, 0) is 155 Å². The second-order valence-electron chi connectivity index (χ2n) is 24.0. The Labute approximate surface area is 533 Å². The zero-order chi connectivity index (χ0) is 64.1. The van der Waals surface area contributed by atoms with Gasteiger partial charge in [-0.1, -0.05) is 144 Å². The highest BCUT2D eigenvalue weighted by Gasteiger charge is 2.36. The number of fused-ring (bicyclic) bond motifs is 12. The molecule has 0 amide bonds. The van der Waals surface area contributed by atoms with Crippen LogP contribution in [0.1, 0.15) is 50.1 Å². The number of aromatic nitrogens is 4. The normalized spacial score (nSPS) is 11.6. The highest BCUT2D eigenvalue weighted by molar-refractivity contribution is 6.15. The first-order valence-corrected chi connectivity index (χ1v) is 30.4. The molecule has 4 aromatic heterocycles. The Morgan fingerprint density at radius 1 is 0.333 bits per heavy atom. The van der Waals surface area contributed by atoms with Crippen molar-refractivity contribution in [3.63, 3.8) is 0 Å². The van der Waals surface area contributed by atoms with E-state index in [9.17, 15) is 15.8 Å². The van der Waals surface area contributed by atoms with Gasteiger partial charge in [0.05, 0.1) is 114 Å².